The fourth-order valence-corrected chi connectivity index (χ4v) is 5.27. The number of piperidine rings is 1. The lowest BCUT2D eigenvalue weighted by atomic mass is 10.1. The summed E-state index contributed by atoms with van der Waals surface area (Å²) in [6.07, 6.45) is 7.11. The summed E-state index contributed by atoms with van der Waals surface area (Å²) in [7, 11) is 0. The van der Waals surface area contributed by atoms with Crippen LogP contribution in [0, 0.1) is 5.92 Å². The Morgan fingerprint density at radius 1 is 0.897 bits per heavy atom. The first kappa shape index (κ1) is 24.8. The van der Waals surface area contributed by atoms with E-state index in [-0.39, 0.29) is 34.8 Å². The first-order chi connectivity index (χ1) is 18.9. The molecule has 2 aromatic carbocycles. The Hall–Kier alpha value is -4.53. The van der Waals surface area contributed by atoms with Gasteiger partial charge >= 0.3 is 11.7 Å². The molecule has 0 unspecified atom stereocenters. The average Bonchev–Trinajstić information content (AvgIpc) is 3.69. The van der Waals surface area contributed by atoms with Gasteiger partial charge in [0.15, 0.2) is 0 Å². The number of nitrogens with zero attached hydrogens (tertiary/aromatic N) is 3. The number of aromatic amines is 1. The van der Waals surface area contributed by atoms with E-state index in [0.717, 1.165) is 35.2 Å². The molecule has 1 aliphatic heterocycles. The van der Waals surface area contributed by atoms with Gasteiger partial charge in [-0.2, -0.15) is 0 Å². The number of hydrogen-bond donors (Lipinski definition) is 3. The second-order valence-corrected chi connectivity index (χ2v) is 10.5. The van der Waals surface area contributed by atoms with Crippen LogP contribution in [0.4, 0.5) is 10.5 Å². The third-order valence-corrected chi connectivity index (χ3v) is 7.63. The van der Waals surface area contributed by atoms with E-state index in [0.29, 0.717) is 38.4 Å². The standard InChI is InChI=1S/C30H31N5O4/c36-25-8-4-7-22(15-25)23-16-26(28(37)34(18-23)17-20-9-10-20)31-29(38)33-13-11-24(12-14-33)35-19-27(32-30(35)39)21-5-2-1-3-6-21/h1-8,15-16,18-20,24,36H,9-14,17H2,(H,31,38)(H,32,39). The summed E-state index contributed by atoms with van der Waals surface area (Å²) in [6.45, 7) is 1.55. The van der Waals surface area contributed by atoms with Gasteiger partial charge in [-0.1, -0.05) is 42.5 Å². The SMILES string of the molecule is O=C(Nc1cc(-c2cccc(O)c2)cn(CC2CC2)c1=O)N1CCC(n2cc(-c3ccccc3)[nH]c2=O)CC1. The Morgan fingerprint density at radius 3 is 2.36 bits per heavy atom. The Labute approximate surface area is 225 Å². The van der Waals surface area contributed by atoms with Crippen LogP contribution in [-0.4, -0.2) is 43.2 Å². The Morgan fingerprint density at radius 2 is 1.64 bits per heavy atom. The van der Waals surface area contributed by atoms with Crippen molar-refractivity contribution >= 4 is 11.7 Å². The molecule has 9 heteroatoms. The Bertz CT molecular complexity index is 1610. The van der Waals surface area contributed by atoms with E-state index < -0.39 is 0 Å². The summed E-state index contributed by atoms with van der Waals surface area (Å²) in [5.74, 6) is 0.613. The molecule has 1 saturated carbocycles. The van der Waals surface area contributed by atoms with E-state index in [9.17, 15) is 19.5 Å². The summed E-state index contributed by atoms with van der Waals surface area (Å²) in [4.78, 5) is 43.7. The quantitative estimate of drug-likeness (QED) is 0.340. The fraction of sp³-hybridized carbons (Fsp3) is 0.300. The largest absolute Gasteiger partial charge is 0.508 e. The minimum Gasteiger partial charge on any atom is -0.508 e. The number of imidazole rings is 1. The molecule has 2 amide bonds. The van der Waals surface area contributed by atoms with Gasteiger partial charge in [0, 0.05) is 43.6 Å². The summed E-state index contributed by atoms with van der Waals surface area (Å²) in [6, 6.07) is 17.9. The number of phenolic OH excluding ortho intramolecular Hbond substituents is 1. The van der Waals surface area contributed by atoms with Gasteiger partial charge in [-0.15, -0.1) is 0 Å². The number of nitrogens with one attached hydrogen (secondary N) is 2. The first-order valence-electron chi connectivity index (χ1n) is 13.4. The highest BCUT2D eigenvalue weighted by Gasteiger charge is 2.27. The maximum atomic E-state index is 13.2. The van der Waals surface area contributed by atoms with Crippen LogP contribution in [0.1, 0.15) is 31.7 Å². The molecule has 0 radical (unpaired) electrons. The van der Waals surface area contributed by atoms with Crippen molar-refractivity contribution in [3.05, 3.63) is 93.9 Å². The van der Waals surface area contributed by atoms with Crippen LogP contribution in [0.25, 0.3) is 22.4 Å². The molecule has 2 aliphatic rings. The van der Waals surface area contributed by atoms with Crippen LogP contribution in [0.2, 0.25) is 0 Å². The number of H-pyrrole nitrogens is 1. The minimum absolute atomic E-state index is 0.0138. The van der Waals surface area contributed by atoms with Gasteiger partial charge in [0.2, 0.25) is 0 Å². The molecule has 4 aromatic rings. The van der Waals surface area contributed by atoms with E-state index in [4.69, 9.17) is 0 Å². The molecule has 6 rings (SSSR count). The van der Waals surface area contributed by atoms with E-state index >= 15 is 0 Å². The van der Waals surface area contributed by atoms with Crippen molar-refractivity contribution in [2.75, 3.05) is 18.4 Å². The zero-order valence-corrected chi connectivity index (χ0v) is 21.5. The van der Waals surface area contributed by atoms with Crippen LogP contribution in [0.15, 0.2) is 82.6 Å². The van der Waals surface area contributed by atoms with Gasteiger partial charge in [0.1, 0.15) is 11.4 Å². The van der Waals surface area contributed by atoms with E-state index in [1.54, 1.807) is 44.5 Å². The van der Waals surface area contributed by atoms with Gasteiger partial charge in [0.25, 0.3) is 5.56 Å². The number of carbonyl (C=O) groups excluding carboxylic acids is 1. The van der Waals surface area contributed by atoms with Crippen LogP contribution in [0.5, 0.6) is 5.75 Å². The molecule has 200 valence electrons. The lowest BCUT2D eigenvalue weighted by Crippen LogP contribution is -2.43. The van der Waals surface area contributed by atoms with Crippen molar-refractivity contribution in [3.8, 4) is 28.1 Å². The molecule has 9 nitrogen and oxygen atoms in total. The second kappa shape index (κ2) is 10.3. The van der Waals surface area contributed by atoms with E-state index in [2.05, 4.69) is 10.3 Å². The summed E-state index contributed by atoms with van der Waals surface area (Å²) >= 11 is 0. The summed E-state index contributed by atoms with van der Waals surface area (Å²) in [5, 5.41) is 12.8. The highest BCUT2D eigenvalue weighted by molar-refractivity contribution is 5.90. The van der Waals surface area contributed by atoms with Gasteiger partial charge in [-0.05, 0) is 60.9 Å². The number of hydrogen-bond acceptors (Lipinski definition) is 4. The summed E-state index contributed by atoms with van der Waals surface area (Å²) < 4.78 is 3.40. The van der Waals surface area contributed by atoms with Gasteiger partial charge < -0.3 is 24.9 Å². The number of amides is 2. The number of benzene rings is 2. The van der Waals surface area contributed by atoms with Crippen molar-refractivity contribution in [2.24, 2.45) is 5.92 Å². The number of aromatic nitrogens is 3. The van der Waals surface area contributed by atoms with Crippen LogP contribution >= 0.6 is 0 Å². The monoisotopic (exact) mass is 525 g/mol. The molecular weight excluding hydrogens is 494 g/mol. The topological polar surface area (TPSA) is 112 Å². The molecule has 2 fully saturated rings. The zero-order chi connectivity index (χ0) is 26.9. The molecule has 0 spiro atoms. The maximum Gasteiger partial charge on any atom is 0.326 e. The van der Waals surface area contributed by atoms with E-state index in [1.165, 1.54) is 0 Å². The molecule has 0 atom stereocenters. The van der Waals surface area contributed by atoms with Crippen molar-refractivity contribution < 1.29 is 9.90 Å². The van der Waals surface area contributed by atoms with Gasteiger partial charge in [-0.3, -0.25) is 9.36 Å². The number of pyridine rings is 1. The molecule has 3 N–H and O–H groups in total. The number of rotatable bonds is 6. The second-order valence-electron chi connectivity index (χ2n) is 10.5. The van der Waals surface area contributed by atoms with Gasteiger partial charge in [-0.25, -0.2) is 9.59 Å². The van der Waals surface area contributed by atoms with Crippen LogP contribution in [-0.2, 0) is 6.54 Å². The Kier molecular flexibility index (Phi) is 6.56. The smallest absolute Gasteiger partial charge is 0.326 e. The molecular formula is C30H31N5O4. The van der Waals surface area contributed by atoms with Crippen LogP contribution in [0.3, 0.4) is 0 Å². The molecule has 39 heavy (non-hydrogen) atoms. The van der Waals surface area contributed by atoms with E-state index in [1.807, 2.05) is 42.6 Å². The number of likely N-dealkylation sites (tertiary alicyclic amines) is 1. The zero-order valence-electron chi connectivity index (χ0n) is 21.5. The van der Waals surface area contributed by atoms with Crippen molar-refractivity contribution in [2.45, 2.75) is 38.3 Å². The highest BCUT2D eigenvalue weighted by atomic mass is 16.3. The third-order valence-electron chi connectivity index (χ3n) is 7.63. The predicted octanol–water partition coefficient (Wildman–Crippen LogP) is 4.66. The van der Waals surface area contributed by atoms with Crippen molar-refractivity contribution in [1.82, 2.24) is 19.0 Å². The van der Waals surface area contributed by atoms with Crippen molar-refractivity contribution in [1.29, 1.82) is 0 Å². The summed E-state index contributed by atoms with van der Waals surface area (Å²) in [5.41, 5.74) is 3.07. The number of urea groups is 1. The first-order valence-corrected chi connectivity index (χ1v) is 13.4. The number of anilines is 1. The lowest BCUT2D eigenvalue weighted by Gasteiger charge is -2.32. The average molecular weight is 526 g/mol. The van der Waals surface area contributed by atoms with Gasteiger partial charge in [0.05, 0.1) is 5.69 Å². The fourth-order valence-electron chi connectivity index (χ4n) is 5.27. The number of aromatic hydroxyl groups is 1. The number of carbonyl (C=O) groups is 1. The predicted molar refractivity (Wildman–Crippen MR) is 150 cm³/mol. The normalized spacial score (nSPS) is 15.8. The molecule has 3 heterocycles. The Balaban J connectivity index is 1.17. The molecule has 0 bridgehead atoms. The third kappa shape index (κ3) is 5.38. The highest BCUT2D eigenvalue weighted by Crippen LogP contribution is 2.31. The van der Waals surface area contributed by atoms with Crippen LogP contribution < -0.4 is 16.6 Å². The van der Waals surface area contributed by atoms with Crippen molar-refractivity contribution in [3.63, 3.8) is 0 Å². The lowest BCUT2D eigenvalue weighted by molar-refractivity contribution is 0.183. The molecule has 2 aromatic heterocycles. The minimum atomic E-state index is -0.331. The number of phenols is 1. The maximum absolute atomic E-state index is 13.2. The molecule has 1 aliphatic carbocycles. The molecule has 1 saturated heterocycles.